The molecule has 1 N–H and O–H groups in total. The van der Waals surface area contributed by atoms with Crippen molar-refractivity contribution in [3.63, 3.8) is 0 Å². The van der Waals surface area contributed by atoms with Gasteiger partial charge in [0.25, 0.3) is 0 Å². The molecule has 1 unspecified atom stereocenters. The monoisotopic (exact) mass is 289 g/mol. The third-order valence-corrected chi connectivity index (χ3v) is 2.50. The first-order chi connectivity index (χ1) is 9.36. The van der Waals surface area contributed by atoms with Crippen molar-refractivity contribution in [2.45, 2.75) is 19.0 Å². The average molecular weight is 289 g/mol. The van der Waals surface area contributed by atoms with E-state index in [9.17, 15) is 22.8 Å². The van der Waals surface area contributed by atoms with Crippen LogP contribution in [0, 0.1) is 0 Å². The summed E-state index contributed by atoms with van der Waals surface area (Å²) >= 11 is 0. The minimum absolute atomic E-state index is 0.107. The summed E-state index contributed by atoms with van der Waals surface area (Å²) in [4.78, 5) is 22.5. The Bertz CT molecular complexity index is 460. The van der Waals surface area contributed by atoms with Gasteiger partial charge in [-0.05, 0) is 12.5 Å². The molecule has 0 heterocycles. The van der Waals surface area contributed by atoms with Crippen LogP contribution >= 0.6 is 0 Å². The van der Waals surface area contributed by atoms with E-state index in [1.807, 2.05) is 0 Å². The molecule has 1 aromatic rings. The number of carbonyl (C=O) groups excluding carboxylic acids is 2. The second-order valence-electron chi connectivity index (χ2n) is 3.92. The molecular weight excluding hydrogens is 275 g/mol. The Morgan fingerprint density at radius 1 is 1.25 bits per heavy atom. The van der Waals surface area contributed by atoms with Crippen LogP contribution < -0.4 is 5.32 Å². The molecule has 0 fully saturated rings. The fourth-order valence-electron chi connectivity index (χ4n) is 1.56. The topological polar surface area (TPSA) is 55.4 Å². The van der Waals surface area contributed by atoms with E-state index in [1.54, 1.807) is 42.6 Å². The van der Waals surface area contributed by atoms with Gasteiger partial charge in [0.2, 0.25) is 0 Å². The van der Waals surface area contributed by atoms with Crippen LogP contribution in [0.25, 0.3) is 0 Å². The predicted molar refractivity (Wildman–Crippen MR) is 64.9 cm³/mol. The Balaban J connectivity index is 2.80. The molecule has 7 heteroatoms. The summed E-state index contributed by atoms with van der Waals surface area (Å²) in [5, 5.41) is 1.70. The molecular formula is C13H14F3NO3. The van der Waals surface area contributed by atoms with Gasteiger partial charge in [0, 0.05) is 6.54 Å². The number of esters is 1. The molecule has 1 aromatic carbocycles. The molecule has 110 valence electrons. The zero-order valence-corrected chi connectivity index (χ0v) is 10.7. The van der Waals surface area contributed by atoms with Gasteiger partial charge in [-0.1, -0.05) is 30.3 Å². The maximum absolute atomic E-state index is 12.1. The molecule has 0 spiro atoms. The van der Waals surface area contributed by atoms with E-state index in [4.69, 9.17) is 4.74 Å². The van der Waals surface area contributed by atoms with Gasteiger partial charge in [-0.2, -0.15) is 13.2 Å². The molecule has 0 saturated heterocycles. The lowest BCUT2D eigenvalue weighted by Gasteiger charge is -2.17. The molecule has 0 bridgehead atoms. The minimum atomic E-state index is -4.98. The van der Waals surface area contributed by atoms with E-state index in [2.05, 4.69) is 0 Å². The van der Waals surface area contributed by atoms with Crippen LogP contribution in [0.5, 0.6) is 0 Å². The van der Waals surface area contributed by atoms with Crippen molar-refractivity contribution in [1.82, 2.24) is 5.32 Å². The number of benzene rings is 1. The summed E-state index contributed by atoms with van der Waals surface area (Å²) < 4.78 is 41.2. The third-order valence-electron chi connectivity index (χ3n) is 2.50. The van der Waals surface area contributed by atoms with Crippen molar-refractivity contribution >= 4 is 11.9 Å². The Hall–Kier alpha value is -2.05. The van der Waals surface area contributed by atoms with Gasteiger partial charge in [0.1, 0.15) is 0 Å². The lowest BCUT2D eigenvalue weighted by molar-refractivity contribution is -0.173. The fourth-order valence-corrected chi connectivity index (χ4v) is 1.56. The van der Waals surface area contributed by atoms with Crippen LogP contribution in [0.3, 0.4) is 0 Å². The van der Waals surface area contributed by atoms with Crippen molar-refractivity contribution in [3.8, 4) is 0 Å². The molecule has 20 heavy (non-hydrogen) atoms. The summed E-state index contributed by atoms with van der Waals surface area (Å²) in [6.45, 7) is 1.23. The zero-order valence-electron chi connectivity index (χ0n) is 10.7. The third kappa shape index (κ3) is 4.56. The largest absolute Gasteiger partial charge is 0.471 e. The van der Waals surface area contributed by atoms with Crippen molar-refractivity contribution < 1.29 is 27.5 Å². The Morgan fingerprint density at radius 3 is 2.35 bits per heavy atom. The van der Waals surface area contributed by atoms with Crippen molar-refractivity contribution in [2.24, 2.45) is 0 Å². The minimum Gasteiger partial charge on any atom is -0.465 e. The molecule has 0 radical (unpaired) electrons. The first-order valence-electron chi connectivity index (χ1n) is 5.92. The highest BCUT2D eigenvalue weighted by Crippen LogP contribution is 2.18. The van der Waals surface area contributed by atoms with E-state index in [0.717, 1.165) is 0 Å². The number of rotatable bonds is 5. The Labute approximate surface area is 113 Å². The van der Waals surface area contributed by atoms with Gasteiger partial charge in [-0.15, -0.1) is 0 Å². The molecule has 1 rings (SSSR count). The normalized spacial score (nSPS) is 12.6. The van der Waals surface area contributed by atoms with Gasteiger partial charge in [-0.25, -0.2) is 0 Å². The summed E-state index contributed by atoms with van der Waals surface area (Å²) in [5.74, 6) is -3.73. The lowest BCUT2D eigenvalue weighted by Crippen LogP contribution is -2.40. The predicted octanol–water partition coefficient (Wildman–Crippen LogP) is 2.01. The van der Waals surface area contributed by atoms with E-state index in [-0.39, 0.29) is 6.61 Å². The van der Waals surface area contributed by atoms with E-state index in [1.165, 1.54) is 0 Å². The summed E-state index contributed by atoms with van der Waals surface area (Å²) in [6.07, 6.45) is -4.98. The first kappa shape index (κ1) is 16.0. The standard InChI is InChI=1S/C13H14F3NO3/c1-2-20-11(18)10(9-6-4-3-5-7-9)8-17-12(19)13(14,15)16/h3-7,10H,2,8H2,1H3,(H,17,19). The van der Waals surface area contributed by atoms with E-state index in [0.29, 0.717) is 5.56 Å². The van der Waals surface area contributed by atoms with Crippen LogP contribution in [0.2, 0.25) is 0 Å². The Kier molecular flexibility index (Phi) is 5.54. The quantitative estimate of drug-likeness (QED) is 0.844. The second-order valence-corrected chi connectivity index (χ2v) is 3.92. The zero-order chi connectivity index (χ0) is 15.2. The van der Waals surface area contributed by atoms with Gasteiger partial charge in [-0.3, -0.25) is 9.59 Å². The number of ether oxygens (including phenoxy) is 1. The number of halogens is 3. The van der Waals surface area contributed by atoms with Crippen molar-refractivity contribution in [2.75, 3.05) is 13.2 Å². The first-order valence-corrected chi connectivity index (χ1v) is 5.92. The molecule has 1 atom stereocenters. The van der Waals surface area contributed by atoms with Gasteiger partial charge in [0.05, 0.1) is 12.5 Å². The van der Waals surface area contributed by atoms with Gasteiger partial charge >= 0.3 is 18.1 Å². The summed E-state index contributed by atoms with van der Waals surface area (Å²) in [5.41, 5.74) is 0.480. The maximum Gasteiger partial charge on any atom is 0.471 e. The highest BCUT2D eigenvalue weighted by atomic mass is 19.4. The molecule has 0 aliphatic heterocycles. The number of hydrogen-bond acceptors (Lipinski definition) is 3. The number of carbonyl (C=O) groups is 2. The molecule has 0 saturated carbocycles. The van der Waals surface area contributed by atoms with Crippen LogP contribution in [0.15, 0.2) is 30.3 Å². The smallest absolute Gasteiger partial charge is 0.465 e. The molecule has 0 aliphatic carbocycles. The van der Waals surface area contributed by atoms with Gasteiger partial charge in [0.15, 0.2) is 0 Å². The summed E-state index contributed by atoms with van der Waals surface area (Å²) in [6, 6.07) is 8.17. The van der Waals surface area contributed by atoms with Crippen LogP contribution in [0.4, 0.5) is 13.2 Å². The number of alkyl halides is 3. The Morgan fingerprint density at radius 2 is 1.85 bits per heavy atom. The van der Waals surface area contributed by atoms with Crippen LogP contribution in [0.1, 0.15) is 18.4 Å². The molecule has 0 aliphatic rings. The molecule has 4 nitrogen and oxygen atoms in total. The van der Waals surface area contributed by atoms with E-state index < -0.39 is 30.5 Å². The maximum atomic E-state index is 12.1. The highest BCUT2D eigenvalue weighted by molar-refractivity contribution is 5.83. The number of hydrogen-bond donors (Lipinski definition) is 1. The molecule has 1 amide bonds. The second kappa shape index (κ2) is 6.93. The number of nitrogens with one attached hydrogen (secondary N) is 1. The fraction of sp³-hybridized carbons (Fsp3) is 0.385. The van der Waals surface area contributed by atoms with Gasteiger partial charge < -0.3 is 10.1 Å². The van der Waals surface area contributed by atoms with Crippen molar-refractivity contribution in [1.29, 1.82) is 0 Å². The van der Waals surface area contributed by atoms with Crippen molar-refractivity contribution in [3.05, 3.63) is 35.9 Å². The number of amides is 1. The van der Waals surface area contributed by atoms with E-state index >= 15 is 0 Å². The lowest BCUT2D eigenvalue weighted by atomic mass is 9.99. The SMILES string of the molecule is CCOC(=O)C(CNC(=O)C(F)(F)F)c1ccccc1. The summed E-state index contributed by atoms with van der Waals surface area (Å²) in [7, 11) is 0. The van der Waals surface area contributed by atoms with Crippen LogP contribution in [-0.2, 0) is 14.3 Å². The molecule has 0 aromatic heterocycles. The average Bonchev–Trinajstić information content (AvgIpc) is 2.39. The van der Waals surface area contributed by atoms with Crippen LogP contribution in [-0.4, -0.2) is 31.2 Å². The highest BCUT2D eigenvalue weighted by Gasteiger charge is 2.39.